The van der Waals surface area contributed by atoms with Gasteiger partial charge in [0, 0.05) is 32.7 Å². The SMILES string of the molecule is CCCNC(CCOC)Cc1c(Cl)c(CC)nn1CC. The number of hydrogen-bond donors (Lipinski definition) is 1. The number of hydrogen-bond acceptors (Lipinski definition) is 3. The van der Waals surface area contributed by atoms with E-state index in [0.29, 0.717) is 6.04 Å². The average Bonchev–Trinajstić information content (AvgIpc) is 2.77. The van der Waals surface area contributed by atoms with Gasteiger partial charge in [0.1, 0.15) is 0 Å². The largest absolute Gasteiger partial charge is 0.385 e. The molecule has 0 amide bonds. The van der Waals surface area contributed by atoms with Crippen LogP contribution in [-0.2, 0) is 24.1 Å². The van der Waals surface area contributed by atoms with Crippen molar-refractivity contribution < 1.29 is 4.74 Å². The maximum absolute atomic E-state index is 6.48. The predicted molar refractivity (Wildman–Crippen MR) is 84.6 cm³/mol. The molecule has 0 radical (unpaired) electrons. The van der Waals surface area contributed by atoms with Gasteiger partial charge in [-0.15, -0.1) is 0 Å². The van der Waals surface area contributed by atoms with Crippen molar-refractivity contribution >= 4 is 11.6 Å². The van der Waals surface area contributed by atoms with E-state index in [-0.39, 0.29) is 0 Å². The van der Waals surface area contributed by atoms with Crippen LogP contribution in [-0.4, -0.2) is 36.1 Å². The van der Waals surface area contributed by atoms with Crippen molar-refractivity contribution in [2.45, 2.75) is 59.0 Å². The smallest absolute Gasteiger partial charge is 0.0850 e. The van der Waals surface area contributed by atoms with Gasteiger partial charge in [0.2, 0.25) is 0 Å². The van der Waals surface area contributed by atoms with Crippen LogP contribution in [0.1, 0.15) is 45.0 Å². The van der Waals surface area contributed by atoms with Gasteiger partial charge in [-0.1, -0.05) is 25.4 Å². The highest BCUT2D eigenvalue weighted by molar-refractivity contribution is 6.31. The molecule has 0 aliphatic heterocycles. The van der Waals surface area contributed by atoms with Crippen LogP contribution in [0.5, 0.6) is 0 Å². The lowest BCUT2D eigenvalue weighted by Crippen LogP contribution is -2.33. The molecule has 0 fully saturated rings. The van der Waals surface area contributed by atoms with Crippen molar-refractivity contribution in [1.29, 1.82) is 0 Å². The van der Waals surface area contributed by atoms with Crippen LogP contribution in [0.4, 0.5) is 0 Å². The van der Waals surface area contributed by atoms with Crippen molar-refractivity contribution in [3.05, 3.63) is 16.4 Å². The summed E-state index contributed by atoms with van der Waals surface area (Å²) in [6.07, 6.45) is 3.90. The van der Waals surface area contributed by atoms with Crippen LogP contribution in [0.25, 0.3) is 0 Å². The highest BCUT2D eigenvalue weighted by atomic mass is 35.5. The normalized spacial score (nSPS) is 12.8. The summed E-state index contributed by atoms with van der Waals surface area (Å²) in [5.74, 6) is 0. The summed E-state index contributed by atoms with van der Waals surface area (Å²) in [6, 6.07) is 0.388. The number of aromatic nitrogens is 2. The number of nitrogens with zero attached hydrogens (tertiary/aromatic N) is 2. The third-order valence-electron chi connectivity index (χ3n) is 3.49. The van der Waals surface area contributed by atoms with Crippen molar-refractivity contribution in [1.82, 2.24) is 15.1 Å². The number of rotatable bonds is 10. The van der Waals surface area contributed by atoms with Crippen LogP contribution >= 0.6 is 11.6 Å². The van der Waals surface area contributed by atoms with Gasteiger partial charge in [-0.3, -0.25) is 4.68 Å². The zero-order chi connectivity index (χ0) is 15.0. The van der Waals surface area contributed by atoms with Crippen LogP contribution in [0.3, 0.4) is 0 Å². The summed E-state index contributed by atoms with van der Waals surface area (Å²) in [5, 5.41) is 9.01. The number of ether oxygens (including phenoxy) is 1. The average molecular weight is 302 g/mol. The Morgan fingerprint density at radius 2 is 2.10 bits per heavy atom. The van der Waals surface area contributed by atoms with Crippen molar-refractivity contribution in [2.75, 3.05) is 20.3 Å². The Hall–Kier alpha value is -0.580. The van der Waals surface area contributed by atoms with E-state index in [4.69, 9.17) is 16.3 Å². The number of methoxy groups -OCH3 is 1. The summed E-state index contributed by atoms with van der Waals surface area (Å²) in [6.45, 7) is 9.02. The molecule has 116 valence electrons. The molecule has 0 bridgehead atoms. The molecule has 4 nitrogen and oxygen atoms in total. The third kappa shape index (κ3) is 4.76. The minimum atomic E-state index is 0.388. The Bertz CT molecular complexity index is 385. The Morgan fingerprint density at radius 3 is 2.65 bits per heavy atom. The quantitative estimate of drug-likeness (QED) is 0.722. The van der Waals surface area contributed by atoms with Gasteiger partial charge in [-0.25, -0.2) is 0 Å². The van der Waals surface area contributed by atoms with E-state index >= 15 is 0 Å². The summed E-state index contributed by atoms with van der Waals surface area (Å²) in [4.78, 5) is 0. The molecule has 0 aliphatic rings. The maximum atomic E-state index is 6.48. The molecule has 0 aliphatic carbocycles. The van der Waals surface area contributed by atoms with Gasteiger partial charge < -0.3 is 10.1 Å². The number of aryl methyl sites for hydroxylation is 2. The van der Waals surface area contributed by atoms with Crippen molar-refractivity contribution in [3.63, 3.8) is 0 Å². The van der Waals surface area contributed by atoms with Gasteiger partial charge in [0.15, 0.2) is 0 Å². The van der Waals surface area contributed by atoms with Gasteiger partial charge in [-0.05, 0) is 32.7 Å². The standard InChI is InChI=1S/C15H28ClN3O/c1-5-9-17-12(8-10-20-4)11-14-15(16)13(6-2)18-19(14)7-3/h12,17H,5-11H2,1-4H3. The van der Waals surface area contributed by atoms with Crippen LogP contribution < -0.4 is 5.32 Å². The fourth-order valence-electron chi connectivity index (χ4n) is 2.33. The molecule has 1 unspecified atom stereocenters. The zero-order valence-electron chi connectivity index (χ0n) is 13.2. The van der Waals surface area contributed by atoms with E-state index in [1.807, 2.05) is 4.68 Å². The molecule has 1 N–H and O–H groups in total. The Morgan fingerprint density at radius 1 is 1.35 bits per heavy atom. The minimum absolute atomic E-state index is 0.388. The molecule has 20 heavy (non-hydrogen) atoms. The molecular weight excluding hydrogens is 274 g/mol. The van der Waals surface area contributed by atoms with E-state index < -0.39 is 0 Å². The van der Waals surface area contributed by atoms with E-state index in [9.17, 15) is 0 Å². The van der Waals surface area contributed by atoms with Gasteiger partial charge >= 0.3 is 0 Å². The second-order valence-electron chi connectivity index (χ2n) is 5.01. The van der Waals surface area contributed by atoms with E-state index in [1.54, 1.807) is 7.11 Å². The summed E-state index contributed by atoms with van der Waals surface area (Å²) >= 11 is 6.48. The fourth-order valence-corrected chi connectivity index (χ4v) is 2.68. The Labute approximate surface area is 127 Å². The highest BCUT2D eigenvalue weighted by Crippen LogP contribution is 2.23. The monoisotopic (exact) mass is 301 g/mol. The summed E-state index contributed by atoms with van der Waals surface area (Å²) in [7, 11) is 1.75. The van der Waals surface area contributed by atoms with Crippen LogP contribution in [0.2, 0.25) is 5.02 Å². The molecule has 1 heterocycles. The van der Waals surface area contributed by atoms with E-state index in [1.165, 1.54) is 0 Å². The summed E-state index contributed by atoms with van der Waals surface area (Å²) < 4.78 is 7.24. The third-order valence-corrected chi connectivity index (χ3v) is 3.92. The molecule has 0 saturated carbocycles. The second-order valence-corrected chi connectivity index (χ2v) is 5.39. The Kier molecular flexibility index (Phi) is 8.19. The molecular formula is C15H28ClN3O. The lowest BCUT2D eigenvalue weighted by atomic mass is 10.1. The first kappa shape index (κ1) is 17.5. The molecule has 5 heteroatoms. The van der Waals surface area contributed by atoms with Crippen molar-refractivity contribution in [3.8, 4) is 0 Å². The van der Waals surface area contributed by atoms with Gasteiger partial charge in [0.25, 0.3) is 0 Å². The molecule has 1 aromatic heterocycles. The lowest BCUT2D eigenvalue weighted by molar-refractivity contribution is 0.182. The molecule has 1 atom stereocenters. The molecule has 1 aromatic rings. The highest BCUT2D eigenvalue weighted by Gasteiger charge is 2.18. The maximum Gasteiger partial charge on any atom is 0.0850 e. The fraction of sp³-hybridized carbons (Fsp3) is 0.800. The first-order valence-electron chi connectivity index (χ1n) is 7.64. The van der Waals surface area contributed by atoms with E-state index in [2.05, 4.69) is 31.2 Å². The second kappa shape index (κ2) is 9.37. The van der Waals surface area contributed by atoms with Gasteiger partial charge in [0.05, 0.1) is 16.4 Å². The molecule has 0 saturated heterocycles. The number of nitrogens with one attached hydrogen (secondary N) is 1. The van der Waals surface area contributed by atoms with Crippen molar-refractivity contribution in [2.24, 2.45) is 0 Å². The molecule has 0 spiro atoms. The first-order valence-corrected chi connectivity index (χ1v) is 8.01. The molecule has 0 aromatic carbocycles. The lowest BCUT2D eigenvalue weighted by Gasteiger charge is -2.19. The Balaban J connectivity index is 2.82. The van der Waals surface area contributed by atoms with Gasteiger partial charge in [-0.2, -0.15) is 5.10 Å². The minimum Gasteiger partial charge on any atom is -0.385 e. The van der Waals surface area contributed by atoms with Crippen LogP contribution in [0.15, 0.2) is 0 Å². The predicted octanol–water partition coefficient (Wildman–Crippen LogP) is 3.07. The zero-order valence-corrected chi connectivity index (χ0v) is 14.0. The first-order chi connectivity index (χ1) is 9.67. The number of halogens is 1. The topological polar surface area (TPSA) is 39.1 Å². The van der Waals surface area contributed by atoms with E-state index in [0.717, 1.165) is 61.8 Å². The summed E-state index contributed by atoms with van der Waals surface area (Å²) in [5.41, 5.74) is 2.15. The molecule has 1 rings (SSSR count). The van der Waals surface area contributed by atoms with Crippen LogP contribution in [0, 0.1) is 0 Å².